The fraction of sp³-hybridized carbons (Fsp3) is 0. The van der Waals surface area contributed by atoms with Gasteiger partial charge >= 0.3 is 0 Å². The van der Waals surface area contributed by atoms with E-state index in [4.69, 9.17) is 11.6 Å². The average molecular weight is 438 g/mol. The summed E-state index contributed by atoms with van der Waals surface area (Å²) < 4.78 is 1.01. The van der Waals surface area contributed by atoms with E-state index in [1.54, 1.807) is 6.07 Å². The van der Waals surface area contributed by atoms with Crippen LogP contribution in [0.4, 0.5) is 10.8 Å². The number of thiazole rings is 1. The lowest BCUT2D eigenvalue weighted by molar-refractivity contribution is -0.384. The average Bonchev–Trinajstić information content (AvgIpc) is 3.05. The summed E-state index contributed by atoms with van der Waals surface area (Å²) in [6.07, 6.45) is 1.48. The molecule has 0 spiro atoms. The summed E-state index contributed by atoms with van der Waals surface area (Å²) >= 11 is 10.6. The maximum atomic E-state index is 10.9. The third kappa shape index (κ3) is 4.41. The monoisotopic (exact) mass is 436 g/mol. The van der Waals surface area contributed by atoms with Crippen molar-refractivity contribution in [2.45, 2.75) is 0 Å². The largest absolute Gasteiger partial charge is 0.288 e. The summed E-state index contributed by atoms with van der Waals surface area (Å²) in [7, 11) is 0. The standard InChI is InChI=1S/C16H10BrClN4O2S/c17-12-4-2-11(3-5-12)14-9-25-16(20-14)21-19-8-10-1-6-13(18)15(7-10)22(23)24/h1-9H,(H,20,21). The summed E-state index contributed by atoms with van der Waals surface area (Å²) in [5.74, 6) is 0. The molecular weight excluding hydrogens is 428 g/mol. The Bertz CT molecular complexity index is 944. The smallest absolute Gasteiger partial charge is 0.258 e. The van der Waals surface area contributed by atoms with Gasteiger partial charge in [-0.2, -0.15) is 5.10 Å². The summed E-state index contributed by atoms with van der Waals surface area (Å²) in [6.45, 7) is 0. The minimum Gasteiger partial charge on any atom is -0.258 e. The van der Waals surface area contributed by atoms with Crippen LogP contribution in [0.2, 0.25) is 5.02 Å². The molecule has 0 aliphatic heterocycles. The number of nitro groups is 1. The highest BCUT2D eigenvalue weighted by atomic mass is 79.9. The van der Waals surface area contributed by atoms with Gasteiger partial charge in [-0.25, -0.2) is 4.98 Å². The SMILES string of the molecule is O=[N+]([O-])c1cc(C=NNc2nc(-c3ccc(Br)cc3)cs2)ccc1Cl. The summed E-state index contributed by atoms with van der Waals surface area (Å²) in [4.78, 5) is 14.8. The molecule has 0 saturated heterocycles. The third-order valence-electron chi connectivity index (χ3n) is 3.18. The molecule has 2 aromatic carbocycles. The Morgan fingerprint density at radius 3 is 2.76 bits per heavy atom. The predicted molar refractivity (Wildman–Crippen MR) is 105 cm³/mol. The zero-order valence-electron chi connectivity index (χ0n) is 12.5. The molecule has 3 aromatic rings. The number of aromatic nitrogens is 1. The maximum absolute atomic E-state index is 10.9. The van der Waals surface area contributed by atoms with Crippen LogP contribution < -0.4 is 5.43 Å². The van der Waals surface area contributed by atoms with Crippen molar-refractivity contribution in [1.29, 1.82) is 0 Å². The zero-order valence-corrected chi connectivity index (χ0v) is 15.7. The Hall–Kier alpha value is -2.29. The van der Waals surface area contributed by atoms with Crippen LogP contribution in [-0.4, -0.2) is 16.1 Å². The molecule has 9 heteroatoms. The Labute approximate surface area is 160 Å². The van der Waals surface area contributed by atoms with E-state index in [2.05, 4.69) is 31.4 Å². The first-order valence-electron chi connectivity index (χ1n) is 6.97. The molecule has 6 nitrogen and oxygen atoms in total. The minimum absolute atomic E-state index is 0.0918. The lowest BCUT2D eigenvalue weighted by atomic mass is 10.2. The van der Waals surface area contributed by atoms with Crippen molar-refractivity contribution in [2.24, 2.45) is 5.10 Å². The van der Waals surface area contributed by atoms with Gasteiger partial charge in [0, 0.05) is 27.0 Å². The number of halogens is 2. The van der Waals surface area contributed by atoms with Gasteiger partial charge in [0.1, 0.15) is 5.02 Å². The van der Waals surface area contributed by atoms with Gasteiger partial charge in [0.15, 0.2) is 0 Å². The highest BCUT2D eigenvalue weighted by Crippen LogP contribution is 2.26. The number of anilines is 1. The second-order valence-corrected chi connectivity index (χ2v) is 7.06. The van der Waals surface area contributed by atoms with Crippen molar-refractivity contribution < 1.29 is 4.92 Å². The van der Waals surface area contributed by atoms with E-state index >= 15 is 0 Å². The van der Waals surface area contributed by atoms with Gasteiger partial charge in [-0.05, 0) is 18.2 Å². The molecule has 0 bridgehead atoms. The molecule has 0 fully saturated rings. The Kier molecular flexibility index (Phi) is 5.42. The molecule has 0 aliphatic rings. The summed E-state index contributed by atoms with van der Waals surface area (Å²) in [5, 5.41) is 17.6. The quantitative estimate of drug-likeness (QED) is 0.321. The van der Waals surface area contributed by atoms with Crippen LogP contribution in [0.15, 0.2) is 57.4 Å². The van der Waals surface area contributed by atoms with Crippen LogP contribution in [0.25, 0.3) is 11.3 Å². The summed E-state index contributed by atoms with van der Waals surface area (Å²) in [5.41, 5.74) is 5.08. The molecule has 0 atom stereocenters. The van der Waals surface area contributed by atoms with Gasteiger partial charge in [-0.15, -0.1) is 11.3 Å². The normalized spacial score (nSPS) is 11.0. The molecular formula is C16H10BrClN4O2S. The molecule has 25 heavy (non-hydrogen) atoms. The van der Waals surface area contributed by atoms with E-state index in [0.29, 0.717) is 10.7 Å². The number of nitro benzene ring substituents is 1. The fourth-order valence-electron chi connectivity index (χ4n) is 1.99. The van der Waals surface area contributed by atoms with Gasteiger partial charge in [-0.3, -0.25) is 15.5 Å². The fourth-order valence-corrected chi connectivity index (χ4v) is 3.11. The van der Waals surface area contributed by atoms with Gasteiger partial charge in [-0.1, -0.05) is 45.7 Å². The van der Waals surface area contributed by atoms with E-state index < -0.39 is 4.92 Å². The first kappa shape index (κ1) is 17.5. The van der Waals surface area contributed by atoms with Gasteiger partial charge < -0.3 is 0 Å². The zero-order chi connectivity index (χ0) is 17.8. The van der Waals surface area contributed by atoms with Crippen LogP contribution in [0.3, 0.4) is 0 Å². The first-order valence-corrected chi connectivity index (χ1v) is 9.02. The minimum atomic E-state index is -0.529. The van der Waals surface area contributed by atoms with Crippen LogP contribution in [0.1, 0.15) is 5.56 Å². The number of nitrogens with zero attached hydrogens (tertiary/aromatic N) is 3. The highest BCUT2D eigenvalue weighted by Gasteiger charge is 2.11. The van der Waals surface area contributed by atoms with Crippen LogP contribution >= 0.6 is 38.9 Å². The van der Waals surface area contributed by atoms with E-state index in [-0.39, 0.29) is 10.7 Å². The number of hydrazone groups is 1. The van der Waals surface area contributed by atoms with E-state index in [1.165, 1.54) is 29.7 Å². The second-order valence-electron chi connectivity index (χ2n) is 4.88. The van der Waals surface area contributed by atoms with Crippen molar-refractivity contribution >= 4 is 55.9 Å². The lowest BCUT2D eigenvalue weighted by Crippen LogP contribution is -1.93. The molecule has 1 aromatic heterocycles. The first-order chi connectivity index (χ1) is 12.0. The number of hydrogen-bond acceptors (Lipinski definition) is 6. The molecule has 1 heterocycles. The van der Waals surface area contributed by atoms with Crippen molar-refractivity contribution in [1.82, 2.24) is 4.98 Å². The second kappa shape index (κ2) is 7.73. The van der Waals surface area contributed by atoms with Crippen LogP contribution in [0, 0.1) is 10.1 Å². The Morgan fingerprint density at radius 2 is 2.04 bits per heavy atom. The predicted octanol–water partition coefficient (Wildman–Crippen LogP) is 5.58. The molecule has 0 amide bonds. The van der Waals surface area contributed by atoms with E-state index in [0.717, 1.165) is 15.7 Å². The van der Waals surface area contributed by atoms with Gasteiger partial charge in [0.2, 0.25) is 5.13 Å². The van der Waals surface area contributed by atoms with Crippen molar-refractivity contribution in [3.8, 4) is 11.3 Å². The molecule has 0 saturated carbocycles. The molecule has 0 unspecified atom stereocenters. The number of hydrogen-bond donors (Lipinski definition) is 1. The maximum Gasteiger partial charge on any atom is 0.288 e. The Morgan fingerprint density at radius 1 is 1.28 bits per heavy atom. The van der Waals surface area contributed by atoms with Gasteiger partial charge in [0.25, 0.3) is 5.69 Å². The molecule has 126 valence electrons. The summed E-state index contributed by atoms with van der Waals surface area (Å²) in [6, 6.07) is 12.3. The topological polar surface area (TPSA) is 80.4 Å². The molecule has 0 radical (unpaired) electrons. The van der Waals surface area contributed by atoms with Crippen molar-refractivity contribution in [3.05, 3.63) is 73.0 Å². The van der Waals surface area contributed by atoms with E-state index in [1.807, 2.05) is 29.6 Å². The van der Waals surface area contributed by atoms with E-state index in [9.17, 15) is 10.1 Å². The van der Waals surface area contributed by atoms with Crippen LogP contribution in [-0.2, 0) is 0 Å². The van der Waals surface area contributed by atoms with Gasteiger partial charge in [0.05, 0.1) is 16.8 Å². The highest BCUT2D eigenvalue weighted by molar-refractivity contribution is 9.10. The van der Waals surface area contributed by atoms with Crippen molar-refractivity contribution in [3.63, 3.8) is 0 Å². The molecule has 1 N–H and O–H groups in total. The number of rotatable bonds is 5. The number of nitrogens with one attached hydrogen (secondary N) is 1. The molecule has 3 rings (SSSR count). The molecule has 0 aliphatic carbocycles. The van der Waals surface area contributed by atoms with Crippen molar-refractivity contribution in [2.75, 3.05) is 5.43 Å². The van der Waals surface area contributed by atoms with Crippen LogP contribution in [0.5, 0.6) is 0 Å². The third-order valence-corrected chi connectivity index (χ3v) is 4.78. The lowest BCUT2D eigenvalue weighted by Gasteiger charge is -1.98. The number of benzene rings is 2. The Balaban J connectivity index is 1.70.